The summed E-state index contributed by atoms with van der Waals surface area (Å²) in [5.41, 5.74) is 3.66. The van der Waals surface area contributed by atoms with E-state index in [2.05, 4.69) is 29.8 Å². The Bertz CT molecular complexity index is 1070. The molecule has 0 aliphatic carbocycles. The number of anilines is 2. The molecular formula is C24H28Cl3N3O2. The second-order valence-corrected chi connectivity index (χ2v) is 8.91. The van der Waals surface area contributed by atoms with Crippen LogP contribution in [0.25, 0.3) is 11.0 Å². The van der Waals surface area contributed by atoms with Crippen LogP contribution in [0.4, 0.5) is 11.6 Å². The molecule has 3 rings (SSSR count). The molecule has 0 radical (unpaired) electrons. The summed E-state index contributed by atoms with van der Waals surface area (Å²) in [5.74, 6) is 0.803. The van der Waals surface area contributed by atoms with Gasteiger partial charge in [0.2, 0.25) is 5.95 Å². The summed E-state index contributed by atoms with van der Waals surface area (Å²) in [7, 11) is 0. The van der Waals surface area contributed by atoms with Gasteiger partial charge in [-0.3, -0.25) is 4.79 Å². The lowest BCUT2D eigenvalue weighted by molar-refractivity contribution is -0.143. The molecule has 0 unspecified atom stereocenters. The van der Waals surface area contributed by atoms with Crippen LogP contribution in [0, 0.1) is 0 Å². The number of carbonyl (C=O) groups excluding carboxylic acids is 1. The van der Waals surface area contributed by atoms with Crippen molar-refractivity contribution in [3.63, 3.8) is 0 Å². The van der Waals surface area contributed by atoms with Gasteiger partial charge in [-0.1, -0.05) is 54.7 Å². The summed E-state index contributed by atoms with van der Waals surface area (Å²) in [6.07, 6.45) is 2.96. The van der Waals surface area contributed by atoms with E-state index < -0.39 is 0 Å². The molecule has 1 N–H and O–H groups in total. The van der Waals surface area contributed by atoms with Crippen LogP contribution in [-0.4, -0.2) is 22.1 Å². The average molecular weight is 497 g/mol. The van der Waals surface area contributed by atoms with Crippen LogP contribution >= 0.6 is 34.8 Å². The zero-order valence-corrected chi connectivity index (χ0v) is 20.8. The highest BCUT2D eigenvalue weighted by atomic mass is 35.5. The first-order valence-corrected chi connectivity index (χ1v) is 12.1. The van der Waals surface area contributed by atoms with Gasteiger partial charge in [0, 0.05) is 28.7 Å². The minimum absolute atomic E-state index is 0.202. The van der Waals surface area contributed by atoms with Crippen molar-refractivity contribution in [2.75, 3.05) is 11.9 Å². The smallest absolute Gasteiger partial charge is 0.305 e. The van der Waals surface area contributed by atoms with Crippen molar-refractivity contribution in [2.45, 2.75) is 58.9 Å². The van der Waals surface area contributed by atoms with E-state index in [0.717, 1.165) is 29.6 Å². The number of carbonyl (C=O) groups is 1. The van der Waals surface area contributed by atoms with E-state index in [1.165, 1.54) is 5.56 Å². The number of nitrogens with zero attached hydrogens (tertiary/aromatic N) is 2. The summed E-state index contributed by atoms with van der Waals surface area (Å²) in [6.45, 7) is 7.14. The molecule has 5 nitrogen and oxygen atoms in total. The number of aryl methyl sites for hydroxylation is 1. The lowest BCUT2D eigenvalue weighted by atomic mass is 9.93. The van der Waals surface area contributed by atoms with Gasteiger partial charge in [0.05, 0.1) is 17.1 Å². The first kappa shape index (κ1) is 24.7. The number of nitrogens with one attached hydrogen (secondary N) is 1. The Kier molecular flexibility index (Phi) is 8.69. The van der Waals surface area contributed by atoms with E-state index in [1.807, 2.05) is 13.0 Å². The molecule has 1 aromatic heterocycles. The number of esters is 1. The Labute approximate surface area is 204 Å². The minimum atomic E-state index is -0.202. The molecule has 3 aromatic rings. The number of aromatic nitrogens is 2. The molecule has 0 saturated heterocycles. The maximum Gasteiger partial charge on any atom is 0.305 e. The van der Waals surface area contributed by atoms with Gasteiger partial charge in [-0.25, -0.2) is 4.98 Å². The monoisotopic (exact) mass is 495 g/mol. The molecular weight excluding hydrogens is 469 g/mol. The first-order valence-electron chi connectivity index (χ1n) is 10.9. The van der Waals surface area contributed by atoms with Crippen LogP contribution in [-0.2, 0) is 16.1 Å². The highest BCUT2D eigenvalue weighted by Crippen LogP contribution is 2.37. The predicted molar refractivity (Wildman–Crippen MR) is 134 cm³/mol. The molecule has 0 bridgehead atoms. The van der Waals surface area contributed by atoms with Crippen molar-refractivity contribution in [1.82, 2.24) is 9.55 Å². The molecule has 32 heavy (non-hydrogen) atoms. The summed E-state index contributed by atoms with van der Waals surface area (Å²) < 4.78 is 7.19. The van der Waals surface area contributed by atoms with Gasteiger partial charge in [-0.2, -0.15) is 0 Å². The fraction of sp³-hybridized carbons (Fsp3) is 0.417. The van der Waals surface area contributed by atoms with Crippen molar-refractivity contribution in [2.24, 2.45) is 0 Å². The molecule has 0 aliphatic heterocycles. The molecule has 1 heterocycles. The van der Waals surface area contributed by atoms with Crippen LogP contribution in [0.2, 0.25) is 15.1 Å². The predicted octanol–water partition coefficient (Wildman–Crippen LogP) is 7.99. The third kappa shape index (κ3) is 5.69. The highest BCUT2D eigenvalue weighted by molar-refractivity contribution is 6.35. The van der Waals surface area contributed by atoms with Crippen molar-refractivity contribution in [3.8, 4) is 0 Å². The van der Waals surface area contributed by atoms with E-state index in [-0.39, 0.29) is 5.97 Å². The van der Waals surface area contributed by atoms with Crippen molar-refractivity contribution in [1.29, 1.82) is 0 Å². The van der Waals surface area contributed by atoms with Crippen molar-refractivity contribution < 1.29 is 9.53 Å². The molecule has 8 heteroatoms. The molecule has 0 amide bonds. The lowest BCUT2D eigenvalue weighted by Crippen LogP contribution is -2.09. The number of hydrogen-bond donors (Lipinski definition) is 1. The maximum absolute atomic E-state index is 11.9. The van der Waals surface area contributed by atoms with Crippen LogP contribution in [0.5, 0.6) is 0 Å². The number of halogens is 3. The average Bonchev–Trinajstić information content (AvgIpc) is 3.09. The fourth-order valence-corrected chi connectivity index (χ4v) is 4.69. The fourth-order valence-electron chi connectivity index (χ4n) is 3.97. The van der Waals surface area contributed by atoms with E-state index >= 15 is 0 Å². The molecule has 172 valence electrons. The number of benzene rings is 2. The number of fused-ring (bicyclic) bond motifs is 1. The summed E-state index contributed by atoms with van der Waals surface area (Å²) >= 11 is 18.9. The Morgan fingerprint density at radius 3 is 2.41 bits per heavy atom. The molecule has 0 saturated carbocycles. The second kappa shape index (κ2) is 11.3. The second-order valence-electron chi connectivity index (χ2n) is 7.63. The largest absolute Gasteiger partial charge is 0.466 e. The summed E-state index contributed by atoms with van der Waals surface area (Å²) in [6, 6.07) is 9.26. The van der Waals surface area contributed by atoms with Crippen LogP contribution in [0.3, 0.4) is 0 Å². The highest BCUT2D eigenvalue weighted by Gasteiger charge is 2.21. The first-order chi connectivity index (χ1) is 15.4. The van der Waals surface area contributed by atoms with Gasteiger partial charge in [-0.15, -0.1) is 0 Å². The number of ether oxygens (including phenoxy) is 1. The van der Waals surface area contributed by atoms with Gasteiger partial charge < -0.3 is 14.6 Å². The van der Waals surface area contributed by atoms with Gasteiger partial charge in [0.1, 0.15) is 5.52 Å². The lowest BCUT2D eigenvalue weighted by Gasteiger charge is -2.18. The minimum Gasteiger partial charge on any atom is -0.466 e. The van der Waals surface area contributed by atoms with E-state index in [4.69, 9.17) is 44.5 Å². The Morgan fingerprint density at radius 1 is 1.09 bits per heavy atom. The summed E-state index contributed by atoms with van der Waals surface area (Å²) in [4.78, 5) is 16.7. The van der Waals surface area contributed by atoms with Gasteiger partial charge in [-0.05, 0) is 61.9 Å². The molecule has 0 atom stereocenters. The molecule has 0 fully saturated rings. The Hall–Kier alpha value is -1.95. The molecule has 0 spiro atoms. The normalized spacial score (nSPS) is 11.3. The van der Waals surface area contributed by atoms with Crippen molar-refractivity contribution >= 4 is 63.4 Å². The molecule has 0 aliphatic rings. The third-order valence-corrected chi connectivity index (χ3v) is 6.23. The standard InChI is InChI=1S/C24H28Cl3N3O2/c1-4-15(5-2)19-9-10-20(27)22-23(19)30(11-7-8-21(31)32-6-3)24(29-22)28-18-13-16(25)12-17(26)14-18/h9-10,12-15H,4-8,11H2,1-3H3,(H,28,29). The van der Waals surface area contributed by atoms with E-state index in [1.54, 1.807) is 18.2 Å². The van der Waals surface area contributed by atoms with Crippen molar-refractivity contribution in [3.05, 3.63) is 51.0 Å². The van der Waals surface area contributed by atoms with Gasteiger partial charge >= 0.3 is 5.97 Å². The maximum atomic E-state index is 11.9. The van der Waals surface area contributed by atoms with Gasteiger partial charge in [0.15, 0.2) is 0 Å². The molecule has 2 aromatic carbocycles. The van der Waals surface area contributed by atoms with Crippen LogP contribution in [0.1, 0.15) is 57.9 Å². The zero-order chi connectivity index (χ0) is 23.3. The quantitative estimate of drug-likeness (QED) is 0.289. The topological polar surface area (TPSA) is 56.1 Å². The SMILES string of the molecule is CCOC(=O)CCCn1c(Nc2cc(Cl)cc(Cl)c2)nc2c(Cl)ccc(C(CC)CC)c21. The number of hydrogen-bond acceptors (Lipinski definition) is 4. The van der Waals surface area contributed by atoms with Crippen LogP contribution in [0.15, 0.2) is 30.3 Å². The van der Waals surface area contributed by atoms with Gasteiger partial charge in [0.25, 0.3) is 0 Å². The van der Waals surface area contributed by atoms with Crippen LogP contribution < -0.4 is 5.32 Å². The van der Waals surface area contributed by atoms with E-state index in [0.29, 0.717) is 52.9 Å². The number of imidazole rings is 1. The summed E-state index contributed by atoms with van der Waals surface area (Å²) in [5, 5.41) is 4.99. The zero-order valence-electron chi connectivity index (χ0n) is 18.6. The number of rotatable bonds is 10. The Morgan fingerprint density at radius 2 is 1.78 bits per heavy atom. The van der Waals surface area contributed by atoms with E-state index in [9.17, 15) is 4.79 Å². The third-order valence-electron chi connectivity index (χ3n) is 5.49. The Balaban J connectivity index is 2.08.